The Bertz CT molecular complexity index is 696. The minimum atomic E-state index is -0.348. The summed E-state index contributed by atoms with van der Waals surface area (Å²) in [6.07, 6.45) is 0. The van der Waals surface area contributed by atoms with Crippen LogP contribution in [0.1, 0.15) is 11.3 Å². The average molecular weight is 415 g/mol. The third kappa shape index (κ3) is 2.35. The molecule has 5 heteroatoms. The zero-order chi connectivity index (χ0) is 13.3. The lowest BCUT2D eigenvalue weighted by molar-refractivity contribution is 1.13. The Hall–Kier alpha value is -1.13. The average Bonchev–Trinajstić information content (AvgIpc) is 2.28. The highest BCUT2D eigenvalue weighted by atomic mass is 127. The van der Waals surface area contributed by atoms with Gasteiger partial charge in [-0.2, -0.15) is 5.26 Å². The van der Waals surface area contributed by atoms with Crippen molar-refractivity contribution in [3.8, 4) is 17.2 Å². The Morgan fingerprint density at radius 1 is 1.44 bits per heavy atom. The van der Waals surface area contributed by atoms with E-state index >= 15 is 0 Å². The number of nitrogens with zero attached hydrogens (tertiary/aromatic N) is 1. The van der Waals surface area contributed by atoms with Gasteiger partial charge in [0.1, 0.15) is 11.6 Å². The Morgan fingerprint density at radius 2 is 2.17 bits per heavy atom. The van der Waals surface area contributed by atoms with Crippen LogP contribution in [0.15, 0.2) is 33.5 Å². The summed E-state index contributed by atoms with van der Waals surface area (Å²) in [5, 5.41) is 9.15. The fraction of sp³-hybridized carbons (Fsp3) is 0.0769. The van der Waals surface area contributed by atoms with E-state index < -0.39 is 0 Å². The number of pyridine rings is 1. The summed E-state index contributed by atoms with van der Waals surface area (Å²) < 4.78 is 1.86. The normalized spacial score (nSPS) is 10.1. The Kier molecular flexibility index (Phi) is 3.88. The van der Waals surface area contributed by atoms with Gasteiger partial charge in [-0.25, -0.2) is 0 Å². The molecule has 90 valence electrons. The van der Waals surface area contributed by atoms with E-state index in [9.17, 15) is 4.79 Å². The van der Waals surface area contributed by atoms with Crippen molar-refractivity contribution < 1.29 is 0 Å². The summed E-state index contributed by atoms with van der Waals surface area (Å²) in [6.45, 7) is 1.80. The molecule has 3 nitrogen and oxygen atoms in total. The molecule has 2 aromatic rings. The summed E-state index contributed by atoms with van der Waals surface area (Å²) >= 11 is 5.66. The number of rotatable bonds is 1. The lowest BCUT2D eigenvalue weighted by Crippen LogP contribution is -2.13. The fourth-order valence-electron chi connectivity index (χ4n) is 1.75. The lowest BCUT2D eigenvalue weighted by Gasteiger charge is -2.09. The summed E-state index contributed by atoms with van der Waals surface area (Å²) in [5.41, 5.74) is 2.07. The molecule has 0 aliphatic heterocycles. The molecule has 0 radical (unpaired) electrons. The van der Waals surface area contributed by atoms with Crippen LogP contribution in [-0.2, 0) is 0 Å². The molecule has 0 saturated carbocycles. The van der Waals surface area contributed by atoms with Crippen LogP contribution in [0.4, 0.5) is 0 Å². The predicted octanol–water partition coefficient (Wildman–Crippen LogP) is 3.59. The highest BCUT2D eigenvalue weighted by Crippen LogP contribution is 2.33. The summed E-state index contributed by atoms with van der Waals surface area (Å²) in [5.74, 6) is 0. The van der Waals surface area contributed by atoms with Crippen molar-refractivity contribution >= 4 is 38.5 Å². The van der Waals surface area contributed by atoms with Gasteiger partial charge in [0.15, 0.2) is 0 Å². The van der Waals surface area contributed by atoms with Gasteiger partial charge in [-0.05, 0) is 47.7 Å². The molecule has 0 aliphatic rings. The number of nitriles is 1. The lowest BCUT2D eigenvalue weighted by atomic mass is 10.0. The first-order valence-electron chi connectivity index (χ1n) is 5.13. The van der Waals surface area contributed by atoms with Crippen LogP contribution in [0, 0.1) is 21.8 Å². The zero-order valence-electron chi connectivity index (χ0n) is 9.42. The minimum Gasteiger partial charge on any atom is -0.325 e. The Balaban J connectivity index is 2.88. The molecule has 0 aliphatic carbocycles. The van der Waals surface area contributed by atoms with E-state index in [1.165, 1.54) is 0 Å². The second-order valence-corrected chi connectivity index (χ2v) is 5.80. The standard InChI is InChI=1S/C13H8BrIN2O/c1-7-5-8(9(6-16)13(18)17-7)12-10(14)3-2-4-11(12)15/h2-5H,1H3,(H,17,18). The van der Waals surface area contributed by atoms with Gasteiger partial charge in [0.2, 0.25) is 0 Å². The maximum atomic E-state index is 11.8. The molecule has 0 spiro atoms. The van der Waals surface area contributed by atoms with E-state index in [0.29, 0.717) is 5.56 Å². The summed E-state index contributed by atoms with van der Waals surface area (Å²) in [6, 6.07) is 9.56. The number of hydrogen-bond acceptors (Lipinski definition) is 2. The van der Waals surface area contributed by atoms with E-state index in [-0.39, 0.29) is 11.1 Å². The van der Waals surface area contributed by atoms with Gasteiger partial charge >= 0.3 is 0 Å². The van der Waals surface area contributed by atoms with Gasteiger partial charge in [0.25, 0.3) is 5.56 Å². The van der Waals surface area contributed by atoms with Crippen LogP contribution >= 0.6 is 38.5 Å². The number of benzene rings is 1. The molecule has 0 amide bonds. The molecule has 1 N–H and O–H groups in total. The molecular formula is C13H8BrIN2O. The maximum absolute atomic E-state index is 11.8. The van der Waals surface area contributed by atoms with Gasteiger partial charge in [-0.1, -0.05) is 22.0 Å². The number of aryl methyl sites for hydroxylation is 1. The first kappa shape index (κ1) is 13.3. The van der Waals surface area contributed by atoms with Crippen molar-refractivity contribution in [3.05, 3.63) is 53.9 Å². The molecule has 0 bridgehead atoms. The van der Waals surface area contributed by atoms with Gasteiger partial charge < -0.3 is 4.98 Å². The molecule has 0 fully saturated rings. The second-order valence-electron chi connectivity index (χ2n) is 3.78. The molecule has 0 atom stereocenters. The molecule has 18 heavy (non-hydrogen) atoms. The highest BCUT2D eigenvalue weighted by molar-refractivity contribution is 14.1. The Morgan fingerprint density at radius 3 is 2.78 bits per heavy atom. The fourth-order valence-corrected chi connectivity index (χ4v) is 3.49. The monoisotopic (exact) mass is 414 g/mol. The number of hydrogen-bond donors (Lipinski definition) is 1. The third-order valence-corrected chi connectivity index (χ3v) is 4.07. The van der Waals surface area contributed by atoms with Crippen LogP contribution in [0.2, 0.25) is 0 Å². The first-order valence-corrected chi connectivity index (χ1v) is 7.00. The van der Waals surface area contributed by atoms with Crippen molar-refractivity contribution in [3.63, 3.8) is 0 Å². The number of halogens is 2. The zero-order valence-corrected chi connectivity index (χ0v) is 13.2. The molecular weight excluding hydrogens is 407 g/mol. The van der Waals surface area contributed by atoms with Crippen LogP contribution in [0.5, 0.6) is 0 Å². The largest absolute Gasteiger partial charge is 0.325 e. The van der Waals surface area contributed by atoms with E-state index in [1.54, 1.807) is 6.92 Å². The predicted molar refractivity (Wildman–Crippen MR) is 82.4 cm³/mol. The number of aromatic amines is 1. The molecule has 1 aromatic carbocycles. The van der Waals surface area contributed by atoms with Gasteiger partial charge in [0.05, 0.1) is 0 Å². The molecule has 0 unspecified atom stereocenters. The number of nitrogens with one attached hydrogen (secondary N) is 1. The van der Waals surface area contributed by atoms with Crippen LogP contribution in [-0.4, -0.2) is 4.98 Å². The highest BCUT2D eigenvalue weighted by Gasteiger charge is 2.15. The van der Waals surface area contributed by atoms with E-state index in [0.717, 1.165) is 19.3 Å². The van der Waals surface area contributed by atoms with E-state index in [1.807, 2.05) is 30.3 Å². The van der Waals surface area contributed by atoms with Crippen molar-refractivity contribution in [2.45, 2.75) is 6.92 Å². The smallest absolute Gasteiger partial charge is 0.266 e. The Labute approximate surface area is 126 Å². The third-order valence-electron chi connectivity index (χ3n) is 2.51. The van der Waals surface area contributed by atoms with Gasteiger partial charge in [-0.15, -0.1) is 0 Å². The number of aromatic nitrogens is 1. The van der Waals surface area contributed by atoms with Crippen LogP contribution < -0.4 is 5.56 Å². The van der Waals surface area contributed by atoms with Crippen molar-refractivity contribution in [1.29, 1.82) is 5.26 Å². The maximum Gasteiger partial charge on any atom is 0.266 e. The molecule has 0 saturated heterocycles. The van der Waals surface area contributed by atoms with Crippen LogP contribution in [0.25, 0.3) is 11.1 Å². The summed E-state index contributed by atoms with van der Waals surface area (Å²) in [4.78, 5) is 14.4. The van der Waals surface area contributed by atoms with Gasteiger partial charge in [-0.3, -0.25) is 4.79 Å². The van der Waals surface area contributed by atoms with Crippen LogP contribution in [0.3, 0.4) is 0 Å². The number of H-pyrrole nitrogens is 1. The summed E-state index contributed by atoms with van der Waals surface area (Å²) in [7, 11) is 0. The minimum absolute atomic E-state index is 0.144. The quantitative estimate of drug-likeness (QED) is 0.725. The second kappa shape index (κ2) is 5.24. The van der Waals surface area contributed by atoms with Crippen molar-refractivity contribution in [2.75, 3.05) is 0 Å². The van der Waals surface area contributed by atoms with Crippen molar-refractivity contribution in [1.82, 2.24) is 4.98 Å². The van der Waals surface area contributed by atoms with E-state index in [4.69, 9.17) is 5.26 Å². The topological polar surface area (TPSA) is 56.6 Å². The van der Waals surface area contributed by atoms with E-state index in [2.05, 4.69) is 43.5 Å². The van der Waals surface area contributed by atoms with Crippen molar-refractivity contribution in [2.24, 2.45) is 0 Å². The molecule has 1 heterocycles. The molecule has 1 aromatic heterocycles. The molecule has 2 rings (SSSR count). The SMILES string of the molecule is Cc1cc(-c2c(Br)cccc2I)c(C#N)c(=O)[nH]1. The van der Waals surface area contributed by atoms with Gasteiger partial charge in [0, 0.05) is 24.9 Å². The first-order chi connectivity index (χ1) is 8.54.